The molecule has 0 spiro atoms. The molecule has 384 valence electrons. The molecule has 15 nitrogen and oxygen atoms in total. The van der Waals surface area contributed by atoms with Crippen LogP contribution in [0.3, 0.4) is 0 Å². The monoisotopic (exact) mass is 1070 g/mol. The van der Waals surface area contributed by atoms with E-state index in [2.05, 4.69) is 39.2 Å². The molecule has 5 aliphatic rings. The summed E-state index contributed by atoms with van der Waals surface area (Å²) in [6, 6.07) is 9.80. The van der Waals surface area contributed by atoms with Gasteiger partial charge in [-0.2, -0.15) is 54.0 Å². The van der Waals surface area contributed by atoms with Crippen molar-refractivity contribution in [3.05, 3.63) is 81.8 Å². The van der Waals surface area contributed by atoms with Crippen LogP contribution in [-0.2, 0) is 25.5 Å². The molecule has 2 aromatic carbocycles. The number of benzene rings is 2. The minimum Gasteiger partial charge on any atom is -0.464 e. The molecular formula is C50H65FN8O7S5. The number of hydrogen-bond acceptors (Lipinski definition) is 11. The van der Waals surface area contributed by atoms with Gasteiger partial charge in [0.15, 0.2) is 0 Å². The van der Waals surface area contributed by atoms with Crippen molar-refractivity contribution in [2.24, 2.45) is 21.8 Å². The fourth-order valence-electron chi connectivity index (χ4n) is 10.1. The minimum absolute atomic E-state index is 0. The second-order valence-corrected chi connectivity index (χ2v) is 19.6. The van der Waals surface area contributed by atoms with Crippen molar-refractivity contribution in [3.63, 3.8) is 0 Å². The van der Waals surface area contributed by atoms with Gasteiger partial charge in [-0.15, -0.1) is 11.3 Å². The minimum atomic E-state index is -0.743. The second-order valence-electron chi connectivity index (χ2n) is 18.5. The highest BCUT2D eigenvalue weighted by molar-refractivity contribution is 7.59. The Kier molecular flexibility index (Phi) is 19.0. The summed E-state index contributed by atoms with van der Waals surface area (Å²) in [7, 11) is 2.56. The van der Waals surface area contributed by atoms with E-state index in [0.29, 0.717) is 48.5 Å². The number of aliphatic imine (C=N–C) groups is 2. The number of nitrogens with one attached hydrogen (secondary N) is 2. The first-order chi connectivity index (χ1) is 32.3. The van der Waals surface area contributed by atoms with Crippen LogP contribution in [0.1, 0.15) is 100 Å². The van der Waals surface area contributed by atoms with E-state index in [0.717, 1.165) is 81.0 Å². The smallest absolute Gasteiger partial charge is 0.407 e. The van der Waals surface area contributed by atoms with Gasteiger partial charge in [-0.1, -0.05) is 40.7 Å². The van der Waals surface area contributed by atoms with Gasteiger partial charge in [0.25, 0.3) is 0 Å². The van der Waals surface area contributed by atoms with Crippen LogP contribution in [0.2, 0.25) is 0 Å². The first-order valence-corrected chi connectivity index (χ1v) is 24.0. The summed E-state index contributed by atoms with van der Waals surface area (Å²) in [5.74, 6) is -0.618. The fraction of sp³-hybridized carbons (Fsp3) is 0.460. The summed E-state index contributed by atoms with van der Waals surface area (Å²) in [4.78, 5) is 70.8. The molecule has 5 atom stereocenters. The van der Waals surface area contributed by atoms with Crippen LogP contribution in [0.25, 0.3) is 33.3 Å². The number of ether oxygens (including phenoxy) is 3. The maximum absolute atomic E-state index is 16.9. The Labute approximate surface area is 445 Å². The Bertz CT molecular complexity index is 2790. The number of carbonyl (C=O) groups is 4. The third-order valence-corrected chi connectivity index (χ3v) is 14.8. The zero-order valence-corrected chi connectivity index (χ0v) is 45.7. The largest absolute Gasteiger partial charge is 0.464 e. The van der Waals surface area contributed by atoms with Crippen molar-refractivity contribution in [1.29, 1.82) is 0 Å². The van der Waals surface area contributed by atoms with Crippen LogP contribution in [0, 0.1) is 17.7 Å². The number of nitrogens with zero attached hydrogens (tertiary/aromatic N) is 6. The lowest BCUT2D eigenvalue weighted by atomic mass is 9.95. The molecule has 9 rings (SSSR count). The van der Waals surface area contributed by atoms with Gasteiger partial charge in [0, 0.05) is 61.3 Å². The molecule has 0 saturated carbocycles. The van der Waals surface area contributed by atoms with Gasteiger partial charge in [0.2, 0.25) is 18.0 Å². The Hall–Kier alpha value is -4.96. The number of likely N-dealkylation sites (tertiary alicyclic amines) is 2. The number of amides is 4. The van der Waals surface area contributed by atoms with Crippen LogP contribution >= 0.6 is 65.3 Å². The molecule has 5 aliphatic heterocycles. The Balaban J connectivity index is 0.00000234. The number of aryl methyl sites for hydroxylation is 1. The quantitative estimate of drug-likeness (QED) is 0.142. The highest BCUT2D eigenvalue weighted by Gasteiger charge is 2.41. The highest BCUT2D eigenvalue weighted by Crippen LogP contribution is 2.48. The van der Waals surface area contributed by atoms with Crippen LogP contribution in [0.5, 0.6) is 5.75 Å². The first kappa shape index (κ1) is 56.9. The lowest BCUT2D eigenvalue weighted by Crippen LogP contribution is -2.53. The number of hydrogen-bond donors (Lipinski definition) is 2. The molecule has 7 heterocycles. The summed E-state index contributed by atoms with van der Waals surface area (Å²) >= 11 is 1.57. The lowest BCUT2D eigenvalue weighted by molar-refractivity contribution is -0.134. The molecule has 2 N–H and O–H groups in total. The summed E-state index contributed by atoms with van der Waals surface area (Å²) < 4.78 is 35.4. The predicted molar refractivity (Wildman–Crippen MR) is 297 cm³/mol. The Morgan fingerprint density at radius 3 is 1.85 bits per heavy atom. The number of rotatable bonds is 12. The number of allylic oxidation sites excluding steroid dienone is 2. The summed E-state index contributed by atoms with van der Waals surface area (Å²) in [5, 5.41) is 7.31. The van der Waals surface area contributed by atoms with Crippen molar-refractivity contribution >= 4 is 123 Å². The van der Waals surface area contributed by atoms with Crippen LogP contribution < -0.4 is 15.4 Å². The second kappa shape index (κ2) is 23.7. The number of halogens is 1. The average Bonchev–Trinajstić information content (AvgIpc) is 4.18. The number of methoxy groups -OCH3 is 2. The molecule has 2 saturated heterocycles. The molecule has 2 aromatic heterocycles. The highest BCUT2D eigenvalue weighted by atomic mass is 32.1. The standard InChI is InChI=1S/C50H57FN8O7S.4H2S/c1-8-42-54-25-41(67-42)48-59-36-14-13-28(31-19-34(52-23-31)37-11-9-15-57(37)46(60)44(26(2)3)55-49(62)64-6)17-30(36)21-39(59)43-33(51)18-29(22-40(43)66-48)32-20-35(53-24-32)38-12-10-16-58(38)47(61)45(27(4)5)56-50(63)65-7;;;;/h13-14,17-18,21-27,37-38,44-45,48H,8-12,15-16,19-20H2,1-7H3,(H,55,62)(H,56,63);4*1H2/t37-,38-,44-,45-,48?;;;;/m0..../s1. The van der Waals surface area contributed by atoms with Crippen LogP contribution in [-0.4, -0.2) is 106 Å². The van der Waals surface area contributed by atoms with Crippen molar-refractivity contribution in [2.75, 3.05) is 27.3 Å². The number of carbonyl (C=O) groups excluding carboxylic acids is 4. The van der Waals surface area contributed by atoms with Crippen molar-refractivity contribution in [3.8, 4) is 17.0 Å². The molecular weight excluding hydrogens is 1000 g/mol. The molecule has 71 heavy (non-hydrogen) atoms. The molecule has 2 fully saturated rings. The lowest BCUT2D eigenvalue weighted by Gasteiger charge is -2.31. The number of alkyl carbamates (subject to hydrolysis) is 2. The fourth-order valence-corrected chi connectivity index (χ4v) is 11.0. The molecule has 0 bridgehead atoms. The normalized spacial score (nSPS) is 19.6. The maximum atomic E-state index is 16.9. The zero-order chi connectivity index (χ0) is 47.3. The topological polar surface area (TPSA) is 169 Å². The van der Waals surface area contributed by atoms with Gasteiger partial charge < -0.3 is 34.6 Å². The molecule has 4 aromatic rings. The number of thiazole rings is 1. The van der Waals surface area contributed by atoms with Gasteiger partial charge in [0.05, 0.1) is 53.0 Å². The van der Waals surface area contributed by atoms with Gasteiger partial charge in [-0.3, -0.25) is 24.1 Å². The van der Waals surface area contributed by atoms with E-state index in [1.807, 2.05) is 63.2 Å². The van der Waals surface area contributed by atoms with Crippen molar-refractivity contribution in [1.82, 2.24) is 30.0 Å². The van der Waals surface area contributed by atoms with Gasteiger partial charge in [0.1, 0.15) is 23.7 Å². The van der Waals surface area contributed by atoms with Crippen molar-refractivity contribution < 1.29 is 37.8 Å². The van der Waals surface area contributed by atoms with E-state index < -0.39 is 36.3 Å². The Morgan fingerprint density at radius 2 is 1.34 bits per heavy atom. The third-order valence-electron chi connectivity index (χ3n) is 13.6. The van der Waals surface area contributed by atoms with E-state index in [9.17, 15) is 19.2 Å². The van der Waals surface area contributed by atoms with Crippen LogP contribution in [0.4, 0.5) is 14.0 Å². The van der Waals surface area contributed by atoms with E-state index in [1.54, 1.807) is 28.5 Å². The number of aromatic nitrogens is 2. The molecule has 21 heteroatoms. The first-order valence-electron chi connectivity index (χ1n) is 23.2. The van der Waals surface area contributed by atoms with E-state index in [1.165, 1.54) is 14.2 Å². The van der Waals surface area contributed by atoms with Crippen molar-refractivity contribution in [2.45, 2.75) is 110 Å². The van der Waals surface area contributed by atoms with Gasteiger partial charge >= 0.3 is 12.2 Å². The zero-order valence-electron chi connectivity index (χ0n) is 40.9. The summed E-state index contributed by atoms with van der Waals surface area (Å²) in [5.41, 5.74) is 7.11. The molecule has 1 unspecified atom stereocenters. The SMILES string of the molecule is CCc1ncc(C2Oc3cc(C4=CN=C([C@@H]5CCCN5C(=O)[C@@H](NC(=O)OC)C(C)C)C4)cc(F)c3-c3cc4cc(C5=CN=C([C@@H]6CCCN6C(=O)[C@@H](NC(=O)OC)C(C)C)C5)ccc4n32)s1.S.S.S.S. The van der Waals surface area contributed by atoms with E-state index >= 15 is 4.39 Å². The average molecular weight is 1070 g/mol. The summed E-state index contributed by atoms with van der Waals surface area (Å²) in [6.45, 7) is 10.8. The predicted octanol–water partition coefficient (Wildman–Crippen LogP) is 8.97. The summed E-state index contributed by atoms with van der Waals surface area (Å²) in [6.07, 6.45) is 8.52. The molecule has 4 amide bonds. The van der Waals surface area contributed by atoms with Crippen LogP contribution in [0.15, 0.2) is 65.0 Å². The van der Waals surface area contributed by atoms with Gasteiger partial charge in [-0.05, 0) is 96.5 Å². The molecule has 0 radical (unpaired) electrons. The maximum Gasteiger partial charge on any atom is 0.407 e. The van der Waals surface area contributed by atoms with Gasteiger partial charge in [-0.25, -0.2) is 19.0 Å². The van der Waals surface area contributed by atoms with E-state index in [-0.39, 0.29) is 89.7 Å². The number of fused-ring (bicyclic) bond motifs is 5. The van der Waals surface area contributed by atoms with E-state index in [4.69, 9.17) is 24.2 Å². The third kappa shape index (κ3) is 11.0. The molecule has 0 aliphatic carbocycles. The Morgan fingerprint density at radius 1 is 0.789 bits per heavy atom.